The molecule has 1 heterocycles. The van der Waals surface area contributed by atoms with E-state index in [-0.39, 0.29) is 17.4 Å². The highest BCUT2D eigenvalue weighted by molar-refractivity contribution is 7.89. The first-order chi connectivity index (χ1) is 12.9. The lowest BCUT2D eigenvalue weighted by molar-refractivity contribution is 0.0433. The molecule has 0 aliphatic rings. The minimum absolute atomic E-state index is 0.126. The number of oxazole rings is 1. The number of hydrogen-bond acceptors (Lipinski definition) is 6. The van der Waals surface area contributed by atoms with E-state index in [0.29, 0.717) is 5.76 Å². The molecule has 0 radical (unpaired) electrons. The van der Waals surface area contributed by atoms with Crippen LogP contribution in [0.2, 0.25) is 0 Å². The van der Waals surface area contributed by atoms with E-state index in [1.165, 1.54) is 13.2 Å². The normalized spacial score (nSPS) is 11.3. The Hall–Kier alpha value is -3.04. The molecule has 0 aliphatic carbocycles. The smallest absolute Gasteiger partial charge is 0.341 e. The van der Waals surface area contributed by atoms with Gasteiger partial charge in [-0.05, 0) is 25.2 Å². The molecule has 3 rings (SSSR count). The Kier molecular flexibility index (Phi) is 5.33. The molecule has 0 saturated heterocycles. The molecule has 0 fully saturated rings. The van der Waals surface area contributed by atoms with Crippen molar-refractivity contribution in [1.29, 1.82) is 0 Å². The molecule has 0 unspecified atom stereocenters. The molecule has 3 aromatic rings. The van der Waals surface area contributed by atoms with E-state index in [0.717, 1.165) is 23.8 Å². The van der Waals surface area contributed by atoms with Crippen LogP contribution in [-0.2, 0) is 21.4 Å². The highest BCUT2D eigenvalue weighted by Crippen LogP contribution is 2.21. The molecule has 9 heteroatoms. The molecule has 0 atom stereocenters. The molecule has 0 saturated carbocycles. The largest absolute Gasteiger partial charge is 0.452 e. The number of halogens is 1. The van der Waals surface area contributed by atoms with Gasteiger partial charge in [0.25, 0.3) is 0 Å². The summed E-state index contributed by atoms with van der Waals surface area (Å²) in [6.07, 6.45) is 1.49. The van der Waals surface area contributed by atoms with E-state index in [9.17, 15) is 17.6 Å². The fourth-order valence-electron chi connectivity index (χ4n) is 2.26. The summed E-state index contributed by atoms with van der Waals surface area (Å²) in [7, 11) is -2.61. The molecule has 140 valence electrons. The van der Waals surface area contributed by atoms with Gasteiger partial charge >= 0.3 is 5.97 Å². The maximum absolute atomic E-state index is 13.9. The predicted octanol–water partition coefficient (Wildman–Crippen LogP) is 2.75. The molecular formula is C18H15FN2O5S. The van der Waals surface area contributed by atoms with Gasteiger partial charge in [-0.2, -0.15) is 0 Å². The van der Waals surface area contributed by atoms with Crippen LogP contribution < -0.4 is 4.72 Å². The van der Waals surface area contributed by atoms with Gasteiger partial charge in [0.2, 0.25) is 15.9 Å². The summed E-state index contributed by atoms with van der Waals surface area (Å²) in [6, 6.07) is 12.1. The van der Waals surface area contributed by atoms with Crippen molar-refractivity contribution in [2.75, 3.05) is 7.05 Å². The lowest BCUT2D eigenvalue weighted by Gasteiger charge is -2.07. The number of carbonyl (C=O) groups is 1. The summed E-state index contributed by atoms with van der Waals surface area (Å²) in [5.41, 5.74) is 0.305. The summed E-state index contributed by atoms with van der Waals surface area (Å²) < 4.78 is 50.1. The van der Waals surface area contributed by atoms with Crippen molar-refractivity contribution >= 4 is 16.0 Å². The summed E-state index contributed by atoms with van der Waals surface area (Å²) >= 11 is 0. The van der Waals surface area contributed by atoms with E-state index in [2.05, 4.69) is 9.71 Å². The monoisotopic (exact) mass is 390 g/mol. The summed E-state index contributed by atoms with van der Waals surface area (Å²) in [6.45, 7) is -0.325. The zero-order chi connectivity index (χ0) is 19.4. The van der Waals surface area contributed by atoms with Crippen molar-refractivity contribution in [2.45, 2.75) is 11.5 Å². The Morgan fingerprint density at radius 2 is 1.96 bits per heavy atom. The Bertz CT molecular complexity index is 1060. The Morgan fingerprint density at radius 1 is 1.22 bits per heavy atom. The number of hydrogen-bond donors (Lipinski definition) is 1. The third-order valence-electron chi connectivity index (χ3n) is 3.68. The highest BCUT2D eigenvalue weighted by atomic mass is 32.2. The number of sulfonamides is 1. The second-order valence-electron chi connectivity index (χ2n) is 5.41. The molecule has 1 N–H and O–H groups in total. The van der Waals surface area contributed by atoms with E-state index in [1.807, 2.05) is 30.3 Å². The lowest BCUT2D eigenvalue weighted by Crippen LogP contribution is -2.19. The van der Waals surface area contributed by atoms with Crippen molar-refractivity contribution in [2.24, 2.45) is 0 Å². The maximum Gasteiger partial charge on any atom is 0.341 e. The van der Waals surface area contributed by atoms with Crippen molar-refractivity contribution in [3.8, 4) is 11.3 Å². The zero-order valence-electron chi connectivity index (χ0n) is 14.2. The van der Waals surface area contributed by atoms with E-state index >= 15 is 0 Å². The fourth-order valence-corrected chi connectivity index (χ4v) is 3.02. The van der Waals surface area contributed by atoms with E-state index in [4.69, 9.17) is 9.15 Å². The minimum Gasteiger partial charge on any atom is -0.452 e. The standard InChI is InChI=1S/C18H15FN2O5S/c1-20-27(23,24)13-7-8-15(19)14(9-13)18(22)25-11-17-21-10-16(26-17)12-5-3-2-4-6-12/h2-10,20H,11H2,1H3. The second-order valence-corrected chi connectivity index (χ2v) is 7.30. The van der Waals surface area contributed by atoms with Gasteiger partial charge in [0.1, 0.15) is 5.82 Å². The third kappa shape index (κ3) is 4.21. The minimum atomic E-state index is -3.82. The molecule has 0 amide bonds. The molecule has 0 aliphatic heterocycles. The zero-order valence-corrected chi connectivity index (χ0v) is 15.0. The summed E-state index contributed by atoms with van der Waals surface area (Å²) in [4.78, 5) is 15.9. The van der Waals surface area contributed by atoms with Crippen molar-refractivity contribution in [3.05, 3.63) is 72.0 Å². The molecule has 2 aromatic carbocycles. The fraction of sp³-hybridized carbons (Fsp3) is 0.111. The average Bonchev–Trinajstić information content (AvgIpc) is 3.16. The lowest BCUT2D eigenvalue weighted by atomic mass is 10.2. The van der Waals surface area contributed by atoms with Crippen LogP contribution in [0.25, 0.3) is 11.3 Å². The van der Waals surface area contributed by atoms with Crippen LogP contribution in [0.1, 0.15) is 16.2 Å². The summed E-state index contributed by atoms with van der Waals surface area (Å²) in [5, 5.41) is 0. The van der Waals surface area contributed by atoms with Crippen LogP contribution in [0, 0.1) is 5.82 Å². The molecule has 0 bridgehead atoms. The van der Waals surface area contributed by atoms with Gasteiger partial charge in [0.15, 0.2) is 12.4 Å². The maximum atomic E-state index is 13.9. The SMILES string of the molecule is CNS(=O)(=O)c1ccc(F)c(C(=O)OCc2ncc(-c3ccccc3)o2)c1. The number of aromatic nitrogens is 1. The first-order valence-electron chi connectivity index (χ1n) is 7.81. The number of benzene rings is 2. The topological polar surface area (TPSA) is 98.5 Å². The average molecular weight is 390 g/mol. The van der Waals surface area contributed by atoms with Gasteiger partial charge in [-0.15, -0.1) is 0 Å². The van der Waals surface area contributed by atoms with Crippen molar-refractivity contribution in [1.82, 2.24) is 9.71 Å². The molecule has 7 nitrogen and oxygen atoms in total. The van der Waals surface area contributed by atoms with Crippen molar-refractivity contribution in [3.63, 3.8) is 0 Å². The number of rotatable bonds is 6. The van der Waals surface area contributed by atoms with Gasteiger partial charge in [-0.1, -0.05) is 30.3 Å². The molecular weight excluding hydrogens is 375 g/mol. The van der Waals surface area contributed by atoms with Crippen LogP contribution in [0.15, 0.2) is 64.0 Å². The Morgan fingerprint density at radius 3 is 2.67 bits per heavy atom. The third-order valence-corrected chi connectivity index (χ3v) is 5.09. The molecule has 0 spiro atoms. The van der Waals surface area contributed by atoms with Crippen LogP contribution in [0.5, 0.6) is 0 Å². The molecule has 27 heavy (non-hydrogen) atoms. The Labute approximate surface area is 154 Å². The number of ether oxygens (including phenoxy) is 1. The van der Waals surface area contributed by atoms with Crippen LogP contribution in [0.4, 0.5) is 4.39 Å². The Balaban J connectivity index is 1.73. The van der Waals surface area contributed by atoms with Crippen LogP contribution >= 0.6 is 0 Å². The number of nitrogens with zero attached hydrogens (tertiary/aromatic N) is 1. The van der Waals surface area contributed by atoms with Gasteiger partial charge in [-0.3, -0.25) is 0 Å². The van der Waals surface area contributed by atoms with Gasteiger partial charge in [-0.25, -0.2) is 27.3 Å². The number of carbonyl (C=O) groups excluding carboxylic acids is 1. The van der Waals surface area contributed by atoms with Gasteiger partial charge in [0, 0.05) is 5.56 Å². The van der Waals surface area contributed by atoms with E-state index < -0.39 is 27.4 Å². The highest BCUT2D eigenvalue weighted by Gasteiger charge is 2.20. The van der Waals surface area contributed by atoms with E-state index in [1.54, 1.807) is 0 Å². The second kappa shape index (κ2) is 7.68. The quantitative estimate of drug-likeness (QED) is 0.650. The van der Waals surface area contributed by atoms with Crippen molar-refractivity contribution < 1.29 is 26.8 Å². The predicted molar refractivity (Wildman–Crippen MR) is 93.7 cm³/mol. The number of nitrogens with one attached hydrogen (secondary N) is 1. The molecule has 1 aromatic heterocycles. The van der Waals surface area contributed by atoms with Crippen LogP contribution in [-0.4, -0.2) is 26.4 Å². The first kappa shape index (κ1) is 18.7. The van der Waals surface area contributed by atoms with Gasteiger partial charge in [0.05, 0.1) is 16.7 Å². The summed E-state index contributed by atoms with van der Waals surface area (Å²) in [5.74, 6) is -1.30. The van der Waals surface area contributed by atoms with Crippen LogP contribution in [0.3, 0.4) is 0 Å². The first-order valence-corrected chi connectivity index (χ1v) is 9.29. The van der Waals surface area contributed by atoms with Gasteiger partial charge < -0.3 is 9.15 Å². The number of esters is 1.